The monoisotopic (exact) mass is 536 g/mol. The second-order valence-corrected chi connectivity index (χ2v) is 11.3. The van der Waals surface area contributed by atoms with Crippen LogP contribution in [0.2, 0.25) is 0 Å². The van der Waals surface area contributed by atoms with Gasteiger partial charge >= 0.3 is 5.97 Å². The Balaban J connectivity index is 1.72. The molecule has 38 heavy (non-hydrogen) atoms. The Morgan fingerprint density at radius 2 is 1.95 bits per heavy atom. The molecule has 0 amide bonds. The van der Waals surface area contributed by atoms with Gasteiger partial charge in [0.2, 0.25) is 0 Å². The highest BCUT2D eigenvalue weighted by molar-refractivity contribution is 7.82. The predicted octanol–water partition coefficient (Wildman–Crippen LogP) is 4.53. The van der Waals surface area contributed by atoms with Crippen molar-refractivity contribution in [2.75, 3.05) is 31.4 Å². The van der Waals surface area contributed by atoms with Gasteiger partial charge < -0.3 is 20.6 Å². The van der Waals surface area contributed by atoms with E-state index in [1.807, 2.05) is 47.6 Å². The summed E-state index contributed by atoms with van der Waals surface area (Å²) in [6.07, 6.45) is 0.839. The lowest BCUT2D eigenvalue weighted by molar-refractivity contribution is -0.137. The molecule has 0 saturated heterocycles. The van der Waals surface area contributed by atoms with Gasteiger partial charge in [-0.15, -0.1) is 0 Å². The molecule has 1 aliphatic rings. The van der Waals surface area contributed by atoms with Crippen molar-refractivity contribution in [2.45, 2.75) is 50.0 Å². The molecular weight excluding hydrogens is 500 g/mol. The first-order valence-electron chi connectivity index (χ1n) is 12.7. The van der Waals surface area contributed by atoms with Gasteiger partial charge in [-0.2, -0.15) is 0 Å². The van der Waals surface area contributed by atoms with Crippen molar-refractivity contribution in [3.8, 4) is 5.75 Å². The Labute approximate surface area is 226 Å². The molecule has 0 bridgehead atoms. The lowest BCUT2D eigenvalue weighted by Crippen LogP contribution is -2.35. The van der Waals surface area contributed by atoms with Gasteiger partial charge in [0.25, 0.3) is 0 Å². The minimum absolute atomic E-state index is 0.121. The zero-order valence-corrected chi connectivity index (χ0v) is 23.1. The van der Waals surface area contributed by atoms with Crippen LogP contribution in [0.15, 0.2) is 59.5 Å². The first-order chi connectivity index (χ1) is 18.1. The number of aryl methyl sites for hydroxylation is 1. The van der Waals surface area contributed by atoms with Gasteiger partial charge in [0.1, 0.15) is 22.4 Å². The van der Waals surface area contributed by atoms with Gasteiger partial charge in [-0.25, -0.2) is 14.4 Å². The van der Waals surface area contributed by atoms with E-state index in [-0.39, 0.29) is 6.42 Å². The zero-order valence-electron chi connectivity index (χ0n) is 22.3. The number of nitrogen functional groups attached to an aromatic ring is 1. The number of hydrazine groups is 1. The van der Waals surface area contributed by atoms with Crippen LogP contribution in [0, 0.1) is 6.92 Å². The van der Waals surface area contributed by atoms with E-state index in [2.05, 4.69) is 13.0 Å². The fourth-order valence-electron chi connectivity index (χ4n) is 5.26. The van der Waals surface area contributed by atoms with Crippen LogP contribution in [0.5, 0.6) is 5.75 Å². The number of carboxylic acid groups (broad SMARTS) is 1. The maximum absolute atomic E-state index is 13.5. The van der Waals surface area contributed by atoms with Crippen molar-refractivity contribution in [3.63, 3.8) is 0 Å². The van der Waals surface area contributed by atoms with Gasteiger partial charge in [-0.1, -0.05) is 43.3 Å². The van der Waals surface area contributed by atoms with E-state index in [0.717, 1.165) is 39.1 Å². The van der Waals surface area contributed by atoms with Crippen LogP contribution in [-0.4, -0.2) is 40.3 Å². The van der Waals surface area contributed by atoms with Crippen LogP contribution in [0.1, 0.15) is 59.4 Å². The van der Waals surface area contributed by atoms with E-state index < -0.39 is 22.9 Å². The van der Waals surface area contributed by atoms with Crippen LogP contribution in [0.3, 0.4) is 0 Å². The molecule has 0 radical (unpaired) electrons. The summed E-state index contributed by atoms with van der Waals surface area (Å²) in [7, 11) is 1.93. The third-order valence-electron chi connectivity index (χ3n) is 7.30. The normalized spacial score (nSPS) is 18.0. The number of benzene rings is 3. The van der Waals surface area contributed by atoms with Crippen molar-refractivity contribution in [1.29, 1.82) is 0 Å². The van der Waals surface area contributed by atoms with Gasteiger partial charge in [-0.05, 0) is 65.3 Å². The summed E-state index contributed by atoms with van der Waals surface area (Å²) in [6.45, 7) is 5.38. The number of carbonyl (C=O) groups is 1. The van der Waals surface area contributed by atoms with Crippen LogP contribution < -0.4 is 21.3 Å². The average Bonchev–Trinajstić information content (AvgIpc) is 2.89. The summed E-state index contributed by atoms with van der Waals surface area (Å²) in [6, 6.07) is 17.5. The molecule has 3 aromatic rings. The minimum atomic E-state index is -1.27. The van der Waals surface area contributed by atoms with E-state index in [1.165, 1.54) is 12.1 Å². The third-order valence-corrected chi connectivity index (χ3v) is 8.80. The molecule has 3 unspecified atom stereocenters. The van der Waals surface area contributed by atoms with Crippen molar-refractivity contribution in [2.24, 2.45) is 5.84 Å². The van der Waals surface area contributed by atoms with E-state index in [1.54, 1.807) is 19.2 Å². The molecule has 0 aromatic heterocycles. The topological polar surface area (TPSA) is 122 Å². The number of anilines is 2. The fourth-order valence-corrected chi connectivity index (χ4v) is 6.74. The highest BCUT2D eigenvalue weighted by Gasteiger charge is 2.30. The number of rotatable bonds is 9. The fraction of sp³-hybridized carbons (Fsp3) is 0.345. The van der Waals surface area contributed by atoms with Crippen molar-refractivity contribution >= 4 is 28.3 Å². The summed E-state index contributed by atoms with van der Waals surface area (Å²) in [5.74, 6) is 5.34. The minimum Gasteiger partial charge on any atom is -0.494 e. The molecule has 0 aliphatic carbocycles. The number of ether oxygens (including phenoxy) is 1. The number of fused-ring (bicyclic) bond motifs is 1. The molecule has 1 heterocycles. The lowest BCUT2D eigenvalue weighted by Gasteiger charge is -2.33. The Morgan fingerprint density at radius 3 is 2.61 bits per heavy atom. The van der Waals surface area contributed by atoms with Crippen LogP contribution in [0.4, 0.5) is 11.4 Å². The van der Waals surface area contributed by atoms with Crippen LogP contribution in [0.25, 0.3) is 0 Å². The predicted molar refractivity (Wildman–Crippen MR) is 152 cm³/mol. The molecule has 8 nitrogen and oxygen atoms in total. The number of nitrogens with zero attached hydrogens (tertiary/aromatic N) is 2. The summed E-state index contributed by atoms with van der Waals surface area (Å²) in [5, 5.41) is 11.2. The largest absolute Gasteiger partial charge is 0.494 e. The van der Waals surface area contributed by atoms with Gasteiger partial charge in [0.05, 0.1) is 24.1 Å². The Kier molecular flexibility index (Phi) is 8.40. The first kappa shape index (κ1) is 27.6. The highest BCUT2D eigenvalue weighted by Crippen LogP contribution is 2.40. The molecule has 0 fully saturated rings. The Morgan fingerprint density at radius 1 is 1.21 bits per heavy atom. The first-order valence-corrected chi connectivity index (χ1v) is 13.8. The molecule has 3 atom stereocenters. The van der Waals surface area contributed by atoms with Gasteiger partial charge in [0, 0.05) is 26.1 Å². The standard InChI is InChI=1S/C29H36N4O4S/c1-5-19-16-33(38(36)27-9-7-6-8-23(19)27)17-22-12-20(11-10-18(22)2)24(15-28(34)35)21-13-25(30)29(32(3)31)26(14-21)37-4/h6-14,19,24H,5,15-17,30-31H2,1-4H3,(H,34,35). The number of carboxylic acids is 1. The van der Waals surface area contributed by atoms with E-state index >= 15 is 0 Å². The third kappa shape index (κ3) is 5.55. The molecule has 3 aromatic carbocycles. The number of nitrogens with two attached hydrogens (primary N) is 2. The molecule has 5 N–H and O–H groups in total. The summed E-state index contributed by atoms with van der Waals surface area (Å²) in [4.78, 5) is 12.8. The molecule has 4 rings (SSSR count). The van der Waals surface area contributed by atoms with Crippen molar-refractivity contribution in [1.82, 2.24) is 4.31 Å². The average molecular weight is 537 g/mol. The molecule has 0 saturated carbocycles. The van der Waals surface area contributed by atoms with Crippen LogP contribution in [-0.2, 0) is 22.3 Å². The molecule has 1 aliphatic heterocycles. The summed E-state index contributed by atoms with van der Waals surface area (Å²) < 4.78 is 21.0. The SMILES string of the molecule is CCC1CN(Cc2cc(C(CC(=O)O)c3cc(N)c(N(C)N)c(OC)c3)ccc2C)S(=O)c2ccccc21. The maximum atomic E-state index is 13.5. The van der Waals surface area contributed by atoms with Crippen LogP contribution >= 0.6 is 0 Å². The Bertz CT molecular complexity index is 1360. The van der Waals surface area contributed by atoms with Gasteiger partial charge in [-0.3, -0.25) is 4.79 Å². The number of hydrogen-bond acceptors (Lipinski definition) is 6. The highest BCUT2D eigenvalue weighted by atomic mass is 32.2. The van der Waals surface area contributed by atoms with E-state index in [9.17, 15) is 14.1 Å². The molecular formula is C29H36N4O4S. The summed E-state index contributed by atoms with van der Waals surface area (Å²) >= 11 is 0. The van der Waals surface area contributed by atoms with Crippen molar-refractivity contribution < 1.29 is 18.8 Å². The van der Waals surface area contributed by atoms with E-state index in [0.29, 0.717) is 36.1 Å². The second kappa shape index (κ2) is 11.6. The maximum Gasteiger partial charge on any atom is 0.304 e. The zero-order chi connectivity index (χ0) is 27.6. The molecule has 0 spiro atoms. The van der Waals surface area contributed by atoms with Crippen molar-refractivity contribution in [3.05, 3.63) is 82.4 Å². The number of hydrogen-bond donors (Lipinski definition) is 3. The quantitative estimate of drug-likeness (QED) is 0.209. The number of aliphatic carboxylic acids is 1. The summed E-state index contributed by atoms with van der Waals surface area (Å²) in [5.41, 5.74) is 12.1. The Hall–Kier alpha value is -3.40. The molecule has 202 valence electrons. The molecule has 9 heteroatoms. The number of methoxy groups -OCH3 is 1. The van der Waals surface area contributed by atoms with Gasteiger partial charge in [0.15, 0.2) is 0 Å². The second-order valence-electron chi connectivity index (χ2n) is 9.82. The van der Waals surface area contributed by atoms with E-state index in [4.69, 9.17) is 16.3 Å². The lowest BCUT2D eigenvalue weighted by atomic mass is 9.86. The smallest absolute Gasteiger partial charge is 0.304 e.